The van der Waals surface area contributed by atoms with Crippen LogP contribution in [0.5, 0.6) is 0 Å². The third-order valence-corrected chi connectivity index (χ3v) is 3.74. The van der Waals surface area contributed by atoms with E-state index in [0.29, 0.717) is 22.4 Å². The van der Waals surface area contributed by atoms with E-state index in [1.807, 2.05) is 19.1 Å². The van der Waals surface area contributed by atoms with Crippen LogP contribution in [0.3, 0.4) is 0 Å². The highest BCUT2D eigenvalue weighted by Gasteiger charge is 2.18. The van der Waals surface area contributed by atoms with E-state index in [1.165, 1.54) is 0 Å². The molecule has 0 atom stereocenters. The van der Waals surface area contributed by atoms with Crippen LogP contribution in [0.2, 0.25) is 0 Å². The second-order valence-corrected chi connectivity index (χ2v) is 7.16. The van der Waals surface area contributed by atoms with Crippen LogP contribution in [-0.2, 0) is 4.74 Å². The molecule has 1 N–H and O–H groups in total. The summed E-state index contributed by atoms with van der Waals surface area (Å²) in [5.74, 6) is 0. The number of hydrogen-bond acceptors (Lipinski definition) is 4. The topological polar surface area (TPSA) is 68.5 Å². The lowest BCUT2D eigenvalue weighted by atomic mass is 10.0. The van der Waals surface area contributed by atoms with Gasteiger partial charge in [0.1, 0.15) is 11.2 Å². The first-order valence-electron chi connectivity index (χ1n) is 8.37. The second kappa shape index (κ2) is 6.67. The molecule has 5 heteroatoms. The zero-order chi connectivity index (χ0) is 18.9. The minimum absolute atomic E-state index is 0.384. The first-order chi connectivity index (χ1) is 12.2. The number of fused-ring (bicyclic) bond motifs is 1. The van der Waals surface area contributed by atoms with Crippen molar-refractivity contribution in [2.75, 3.05) is 5.32 Å². The van der Waals surface area contributed by atoms with Crippen LogP contribution in [0.25, 0.3) is 22.1 Å². The van der Waals surface area contributed by atoms with Gasteiger partial charge in [-0.2, -0.15) is 0 Å². The maximum absolute atomic E-state index is 12.5. The number of para-hydroxylation sites is 1. The maximum Gasteiger partial charge on any atom is 0.412 e. The molecule has 0 unspecified atom stereocenters. The molecule has 0 fully saturated rings. The van der Waals surface area contributed by atoms with Gasteiger partial charge in [0.2, 0.25) is 0 Å². The van der Waals surface area contributed by atoms with E-state index in [-0.39, 0.29) is 0 Å². The van der Waals surface area contributed by atoms with Crippen molar-refractivity contribution in [3.63, 3.8) is 0 Å². The highest BCUT2D eigenvalue weighted by molar-refractivity contribution is 5.93. The van der Waals surface area contributed by atoms with E-state index < -0.39 is 17.3 Å². The number of carbonyl (C=O) groups excluding carboxylic acids is 1. The molecule has 134 valence electrons. The van der Waals surface area contributed by atoms with Gasteiger partial charge in [-0.1, -0.05) is 29.8 Å². The Balaban J connectivity index is 2.05. The second-order valence-electron chi connectivity index (χ2n) is 7.16. The number of carbonyl (C=O) groups is 1. The molecule has 1 heterocycles. The van der Waals surface area contributed by atoms with Crippen molar-refractivity contribution in [1.29, 1.82) is 0 Å². The van der Waals surface area contributed by atoms with Gasteiger partial charge in [0.25, 0.3) is 0 Å². The van der Waals surface area contributed by atoms with Gasteiger partial charge in [-0.05, 0) is 52.0 Å². The molecule has 3 aromatic rings. The summed E-state index contributed by atoms with van der Waals surface area (Å²) in [6, 6.07) is 14.5. The Labute approximate surface area is 151 Å². The van der Waals surface area contributed by atoms with E-state index in [9.17, 15) is 9.59 Å². The molecule has 0 radical (unpaired) electrons. The number of ether oxygens (including phenoxy) is 1. The zero-order valence-electron chi connectivity index (χ0n) is 15.3. The van der Waals surface area contributed by atoms with Crippen LogP contribution in [0.4, 0.5) is 10.5 Å². The fourth-order valence-electron chi connectivity index (χ4n) is 2.67. The van der Waals surface area contributed by atoms with E-state index in [1.54, 1.807) is 57.2 Å². The molecule has 0 bridgehead atoms. The van der Waals surface area contributed by atoms with Crippen molar-refractivity contribution in [1.82, 2.24) is 0 Å². The van der Waals surface area contributed by atoms with Crippen LogP contribution in [0, 0.1) is 6.92 Å². The van der Waals surface area contributed by atoms with Crippen LogP contribution < -0.4 is 10.9 Å². The number of nitrogens with one attached hydrogen (secondary N) is 1. The Kier molecular flexibility index (Phi) is 4.55. The molecule has 0 aliphatic carbocycles. The normalized spacial score (nSPS) is 11.4. The van der Waals surface area contributed by atoms with Crippen molar-refractivity contribution in [2.45, 2.75) is 33.3 Å². The zero-order valence-corrected chi connectivity index (χ0v) is 15.3. The molecule has 1 aromatic heterocycles. The summed E-state index contributed by atoms with van der Waals surface area (Å²) in [4.78, 5) is 24.6. The first-order valence-corrected chi connectivity index (χ1v) is 8.37. The average Bonchev–Trinajstić information content (AvgIpc) is 2.53. The van der Waals surface area contributed by atoms with E-state index in [2.05, 4.69) is 5.32 Å². The molecule has 0 saturated heterocycles. The van der Waals surface area contributed by atoms with Crippen LogP contribution in [0.1, 0.15) is 26.3 Å². The van der Waals surface area contributed by atoms with Gasteiger partial charge in [0.05, 0.1) is 11.3 Å². The van der Waals surface area contributed by atoms with Gasteiger partial charge >= 0.3 is 11.7 Å². The highest BCUT2D eigenvalue weighted by atomic mass is 16.6. The monoisotopic (exact) mass is 351 g/mol. The van der Waals surface area contributed by atoms with E-state index in [4.69, 9.17) is 9.15 Å². The number of anilines is 1. The lowest BCUT2D eigenvalue weighted by molar-refractivity contribution is 0.0636. The van der Waals surface area contributed by atoms with E-state index in [0.717, 1.165) is 10.9 Å². The lowest BCUT2D eigenvalue weighted by Gasteiger charge is -2.20. The minimum atomic E-state index is -0.613. The fourth-order valence-corrected chi connectivity index (χ4v) is 2.67. The van der Waals surface area contributed by atoms with Crippen molar-refractivity contribution in [3.8, 4) is 11.1 Å². The summed E-state index contributed by atoms with van der Waals surface area (Å²) in [7, 11) is 0. The molecule has 2 aromatic carbocycles. The molecule has 0 aliphatic rings. The van der Waals surface area contributed by atoms with E-state index >= 15 is 0 Å². The molecular formula is C21H21NO4. The predicted molar refractivity (Wildman–Crippen MR) is 103 cm³/mol. The van der Waals surface area contributed by atoms with Crippen LogP contribution >= 0.6 is 0 Å². The minimum Gasteiger partial charge on any atom is -0.444 e. The molecule has 5 nitrogen and oxygen atoms in total. The molecule has 0 saturated carbocycles. The Hall–Kier alpha value is -3.08. The number of aryl methyl sites for hydroxylation is 1. The van der Waals surface area contributed by atoms with Crippen molar-refractivity contribution >= 4 is 22.7 Å². The lowest BCUT2D eigenvalue weighted by Crippen LogP contribution is -2.27. The van der Waals surface area contributed by atoms with Crippen LogP contribution in [-0.4, -0.2) is 11.7 Å². The van der Waals surface area contributed by atoms with Gasteiger partial charge in [-0.15, -0.1) is 0 Å². The largest absolute Gasteiger partial charge is 0.444 e. The van der Waals surface area contributed by atoms with Gasteiger partial charge in [0, 0.05) is 10.9 Å². The average molecular weight is 351 g/mol. The molecule has 0 aliphatic heterocycles. The van der Waals surface area contributed by atoms with Crippen molar-refractivity contribution in [2.24, 2.45) is 0 Å². The SMILES string of the molecule is Cc1ccc2oc(=O)c(-c3ccccc3NC(=O)OC(C)(C)C)cc2c1. The summed E-state index contributed by atoms with van der Waals surface area (Å²) in [6.07, 6.45) is -0.578. The third-order valence-electron chi connectivity index (χ3n) is 3.74. The van der Waals surface area contributed by atoms with Crippen molar-refractivity contribution < 1.29 is 13.9 Å². The molecule has 26 heavy (non-hydrogen) atoms. The molecule has 0 spiro atoms. The summed E-state index contributed by atoms with van der Waals surface area (Å²) < 4.78 is 10.7. The van der Waals surface area contributed by atoms with Gasteiger partial charge < -0.3 is 9.15 Å². The summed E-state index contributed by atoms with van der Waals surface area (Å²) in [5, 5.41) is 3.54. The number of amides is 1. The fraction of sp³-hybridized carbons (Fsp3) is 0.238. The summed E-state index contributed by atoms with van der Waals surface area (Å²) in [6.45, 7) is 7.35. The number of benzene rings is 2. The Morgan fingerprint density at radius 2 is 1.77 bits per heavy atom. The van der Waals surface area contributed by atoms with Gasteiger partial charge in [-0.3, -0.25) is 5.32 Å². The van der Waals surface area contributed by atoms with Gasteiger partial charge in [0.15, 0.2) is 0 Å². The summed E-state index contributed by atoms with van der Waals surface area (Å²) in [5.41, 5.74) is 1.98. The van der Waals surface area contributed by atoms with Crippen molar-refractivity contribution in [3.05, 3.63) is 64.5 Å². The first kappa shape index (κ1) is 17.7. The van der Waals surface area contributed by atoms with Crippen LogP contribution in [0.15, 0.2) is 57.7 Å². The number of rotatable bonds is 2. The number of hydrogen-bond donors (Lipinski definition) is 1. The Bertz CT molecular complexity index is 1030. The maximum atomic E-state index is 12.5. The Morgan fingerprint density at radius 1 is 1.04 bits per heavy atom. The van der Waals surface area contributed by atoms with Gasteiger partial charge in [-0.25, -0.2) is 9.59 Å². The quantitative estimate of drug-likeness (QED) is 0.651. The molecule has 1 amide bonds. The molecule has 3 rings (SSSR count). The third kappa shape index (κ3) is 3.94. The highest BCUT2D eigenvalue weighted by Crippen LogP contribution is 2.28. The predicted octanol–water partition coefficient (Wildman–Crippen LogP) is 5.12. The molecular weight excluding hydrogens is 330 g/mol. The smallest absolute Gasteiger partial charge is 0.412 e. The Morgan fingerprint density at radius 3 is 2.50 bits per heavy atom. The standard InChI is InChI=1S/C21H21NO4/c1-13-9-10-18-14(11-13)12-16(19(23)25-18)15-7-5-6-8-17(15)22-20(24)26-21(2,3)4/h5-12H,1-4H3,(H,22,24). The summed E-state index contributed by atoms with van der Waals surface area (Å²) >= 11 is 0.